The maximum atomic E-state index is 6.16. The Bertz CT molecular complexity index is 658. The van der Waals surface area contributed by atoms with Gasteiger partial charge in [-0.15, -0.1) is 0 Å². The van der Waals surface area contributed by atoms with Crippen molar-refractivity contribution in [1.82, 2.24) is 9.55 Å². The van der Waals surface area contributed by atoms with E-state index in [9.17, 15) is 0 Å². The van der Waals surface area contributed by atoms with Crippen LogP contribution in [0.3, 0.4) is 0 Å². The Kier molecular flexibility index (Phi) is 2.57. The van der Waals surface area contributed by atoms with E-state index < -0.39 is 0 Å². The van der Waals surface area contributed by atoms with E-state index in [1.165, 1.54) is 0 Å². The number of benzene rings is 1. The molecule has 2 heterocycles. The van der Waals surface area contributed by atoms with Crippen LogP contribution in [0.1, 0.15) is 5.56 Å². The Labute approximate surface area is 104 Å². The van der Waals surface area contributed by atoms with Crippen molar-refractivity contribution in [3.8, 4) is 0 Å². The molecule has 0 N–H and O–H groups in total. The van der Waals surface area contributed by atoms with Crippen LogP contribution in [-0.2, 0) is 6.54 Å². The molecule has 0 radical (unpaired) electrons. The Morgan fingerprint density at radius 2 is 1.94 bits per heavy atom. The molecule has 84 valence electrons. The van der Waals surface area contributed by atoms with E-state index in [1.807, 2.05) is 42.7 Å². The van der Waals surface area contributed by atoms with Crippen molar-refractivity contribution in [2.24, 2.45) is 0 Å². The maximum Gasteiger partial charge on any atom is 0.140 e. The highest BCUT2D eigenvalue weighted by Gasteiger charge is 2.04. The van der Waals surface area contributed by atoms with Gasteiger partial charge in [0.15, 0.2) is 0 Å². The minimum absolute atomic E-state index is 0.750. The number of aromatic nitrogens is 2. The average Bonchev–Trinajstić information content (AvgIpc) is 2.76. The predicted molar refractivity (Wildman–Crippen MR) is 70.3 cm³/mol. The van der Waals surface area contributed by atoms with Crippen molar-refractivity contribution in [2.45, 2.75) is 6.54 Å². The minimum atomic E-state index is 0.750. The lowest BCUT2D eigenvalue weighted by Gasteiger charge is -2.06. The molecule has 3 aromatic rings. The summed E-state index contributed by atoms with van der Waals surface area (Å²) in [5.41, 5.74) is 2.10. The van der Waals surface area contributed by atoms with Crippen LogP contribution < -0.4 is 0 Å². The fourth-order valence-electron chi connectivity index (χ4n) is 1.96. The van der Waals surface area contributed by atoms with Crippen LogP contribution in [0.4, 0.5) is 0 Å². The van der Waals surface area contributed by atoms with E-state index >= 15 is 0 Å². The molecule has 0 amide bonds. The van der Waals surface area contributed by atoms with Crippen LogP contribution in [0.25, 0.3) is 11.0 Å². The second-order valence-corrected chi connectivity index (χ2v) is 4.36. The van der Waals surface area contributed by atoms with Crippen molar-refractivity contribution in [3.05, 3.63) is 65.4 Å². The summed E-state index contributed by atoms with van der Waals surface area (Å²) in [6.07, 6.45) is 3.85. The van der Waals surface area contributed by atoms with Crippen LogP contribution in [0.2, 0.25) is 5.02 Å². The molecule has 0 fully saturated rings. The van der Waals surface area contributed by atoms with Crippen molar-refractivity contribution in [1.29, 1.82) is 0 Å². The molecular formula is C14H11ClN2. The highest BCUT2D eigenvalue weighted by atomic mass is 35.5. The van der Waals surface area contributed by atoms with Gasteiger partial charge in [0.25, 0.3) is 0 Å². The normalized spacial score (nSPS) is 10.9. The quantitative estimate of drug-likeness (QED) is 0.669. The molecule has 2 aromatic heterocycles. The summed E-state index contributed by atoms with van der Waals surface area (Å²) >= 11 is 6.16. The highest BCUT2D eigenvalue weighted by Crippen LogP contribution is 2.19. The van der Waals surface area contributed by atoms with Crippen LogP contribution in [0, 0.1) is 0 Å². The first kappa shape index (κ1) is 10.4. The SMILES string of the molecule is Clc1ccccc1Cn1ccc2cccnc21. The van der Waals surface area contributed by atoms with Crippen molar-refractivity contribution in [2.75, 3.05) is 0 Å². The van der Waals surface area contributed by atoms with Crippen molar-refractivity contribution < 1.29 is 0 Å². The van der Waals surface area contributed by atoms with E-state index in [0.29, 0.717) is 0 Å². The number of fused-ring (bicyclic) bond motifs is 1. The van der Waals surface area contributed by atoms with Gasteiger partial charge in [-0.25, -0.2) is 4.98 Å². The zero-order valence-electron chi connectivity index (χ0n) is 9.18. The molecule has 2 nitrogen and oxygen atoms in total. The lowest BCUT2D eigenvalue weighted by molar-refractivity contribution is 0.825. The monoisotopic (exact) mass is 242 g/mol. The summed E-state index contributed by atoms with van der Waals surface area (Å²) < 4.78 is 2.11. The van der Waals surface area contributed by atoms with E-state index in [4.69, 9.17) is 11.6 Å². The first-order valence-corrected chi connectivity index (χ1v) is 5.86. The predicted octanol–water partition coefficient (Wildman–Crippen LogP) is 3.74. The van der Waals surface area contributed by atoms with Gasteiger partial charge >= 0.3 is 0 Å². The standard InChI is InChI=1S/C14H11ClN2/c15-13-6-2-1-4-12(13)10-17-9-7-11-5-3-8-16-14(11)17/h1-9H,10H2. The summed E-state index contributed by atoms with van der Waals surface area (Å²) in [5.74, 6) is 0. The van der Waals surface area contributed by atoms with Crippen LogP contribution in [0.5, 0.6) is 0 Å². The third kappa shape index (κ3) is 1.92. The number of halogens is 1. The average molecular weight is 243 g/mol. The zero-order valence-corrected chi connectivity index (χ0v) is 9.93. The molecule has 1 aromatic carbocycles. The largest absolute Gasteiger partial charge is 0.328 e. The number of pyridine rings is 1. The van der Waals surface area contributed by atoms with Gasteiger partial charge in [-0.05, 0) is 29.8 Å². The molecule has 0 atom stereocenters. The molecule has 0 saturated carbocycles. The lowest BCUT2D eigenvalue weighted by atomic mass is 10.2. The number of rotatable bonds is 2. The molecule has 17 heavy (non-hydrogen) atoms. The minimum Gasteiger partial charge on any atom is -0.328 e. The van der Waals surface area contributed by atoms with Gasteiger partial charge in [0.05, 0.1) is 6.54 Å². The van der Waals surface area contributed by atoms with Crippen molar-refractivity contribution >= 4 is 22.6 Å². The van der Waals surface area contributed by atoms with Gasteiger partial charge in [0, 0.05) is 22.8 Å². The summed E-state index contributed by atoms with van der Waals surface area (Å²) in [6, 6.07) is 14.0. The zero-order chi connectivity index (χ0) is 11.7. The fraction of sp³-hybridized carbons (Fsp3) is 0.0714. The summed E-state index contributed by atoms with van der Waals surface area (Å²) in [5, 5.41) is 1.95. The van der Waals surface area contributed by atoms with Gasteiger partial charge in [0.1, 0.15) is 5.65 Å². The summed E-state index contributed by atoms with van der Waals surface area (Å²) in [4.78, 5) is 4.39. The molecular weight excluding hydrogens is 232 g/mol. The summed E-state index contributed by atoms with van der Waals surface area (Å²) in [6.45, 7) is 0.750. The van der Waals surface area contributed by atoms with Gasteiger partial charge < -0.3 is 4.57 Å². The van der Waals surface area contributed by atoms with E-state index in [-0.39, 0.29) is 0 Å². The maximum absolute atomic E-state index is 6.16. The molecule has 0 bridgehead atoms. The molecule has 0 saturated heterocycles. The lowest BCUT2D eigenvalue weighted by Crippen LogP contribution is -1.99. The smallest absolute Gasteiger partial charge is 0.140 e. The number of hydrogen-bond donors (Lipinski definition) is 0. The van der Waals surface area contributed by atoms with Gasteiger partial charge in [0.2, 0.25) is 0 Å². The molecule has 3 rings (SSSR count). The Morgan fingerprint density at radius 1 is 1.06 bits per heavy atom. The van der Waals surface area contributed by atoms with Crippen LogP contribution in [0.15, 0.2) is 54.9 Å². The Hall–Kier alpha value is -1.80. The summed E-state index contributed by atoms with van der Waals surface area (Å²) in [7, 11) is 0. The highest BCUT2D eigenvalue weighted by molar-refractivity contribution is 6.31. The fourth-order valence-corrected chi connectivity index (χ4v) is 2.15. The molecule has 0 aliphatic carbocycles. The third-order valence-electron chi connectivity index (χ3n) is 2.82. The van der Waals surface area contributed by atoms with E-state index in [1.54, 1.807) is 0 Å². The van der Waals surface area contributed by atoms with E-state index in [2.05, 4.69) is 21.7 Å². The van der Waals surface area contributed by atoms with Gasteiger partial charge in [-0.1, -0.05) is 29.8 Å². The second kappa shape index (κ2) is 4.22. The molecule has 0 unspecified atom stereocenters. The topological polar surface area (TPSA) is 17.8 Å². The molecule has 0 aliphatic heterocycles. The number of nitrogens with zero attached hydrogens (tertiary/aromatic N) is 2. The molecule has 0 aliphatic rings. The Morgan fingerprint density at radius 3 is 2.82 bits per heavy atom. The second-order valence-electron chi connectivity index (χ2n) is 3.95. The first-order valence-electron chi connectivity index (χ1n) is 5.48. The molecule has 0 spiro atoms. The molecule has 3 heteroatoms. The Balaban J connectivity index is 2.03. The van der Waals surface area contributed by atoms with Gasteiger partial charge in [-0.3, -0.25) is 0 Å². The van der Waals surface area contributed by atoms with Crippen LogP contribution >= 0.6 is 11.6 Å². The van der Waals surface area contributed by atoms with Crippen molar-refractivity contribution in [3.63, 3.8) is 0 Å². The number of hydrogen-bond acceptors (Lipinski definition) is 1. The first-order chi connectivity index (χ1) is 8.34. The van der Waals surface area contributed by atoms with Gasteiger partial charge in [-0.2, -0.15) is 0 Å². The van der Waals surface area contributed by atoms with E-state index in [0.717, 1.165) is 28.2 Å². The van der Waals surface area contributed by atoms with Crippen LogP contribution in [-0.4, -0.2) is 9.55 Å². The third-order valence-corrected chi connectivity index (χ3v) is 3.19.